The molecule has 0 aliphatic carbocycles. The molecule has 0 radical (unpaired) electrons. The van der Waals surface area contributed by atoms with Gasteiger partial charge in [0.05, 0.1) is 18.0 Å². The maximum absolute atomic E-state index is 12.3. The summed E-state index contributed by atoms with van der Waals surface area (Å²) < 4.78 is 6.91. The van der Waals surface area contributed by atoms with Crippen molar-refractivity contribution in [3.63, 3.8) is 0 Å². The lowest BCUT2D eigenvalue weighted by atomic mass is 10.0. The number of carbonyl (C=O) groups is 2. The van der Waals surface area contributed by atoms with Crippen LogP contribution in [0.1, 0.15) is 35.6 Å². The molecule has 0 saturated carbocycles. The van der Waals surface area contributed by atoms with E-state index in [9.17, 15) is 9.59 Å². The number of fused-ring (bicyclic) bond motifs is 1. The summed E-state index contributed by atoms with van der Waals surface area (Å²) in [5, 5.41) is 3.89. The number of ether oxygens (including phenoxy) is 1. The van der Waals surface area contributed by atoms with Gasteiger partial charge in [0, 0.05) is 25.1 Å². The number of esters is 1. The third-order valence-corrected chi connectivity index (χ3v) is 4.37. The van der Waals surface area contributed by atoms with Crippen LogP contribution in [0.25, 0.3) is 5.69 Å². The van der Waals surface area contributed by atoms with Gasteiger partial charge in [-0.3, -0.25) is 4.79 Å². The fourth-order valence-corrected chi connectivity index (χ4v) is 3.14. The molecule has 1 unspecified atom stereocenters. The van der Waals surface area contributed by atoms with Gasteiger partial charge in [-0.1, -0.05) is 18.2 Å². The summed E-state index contributed by atoms with van der Waals surface area (Å²) in [5.74, 6) is -0.615. The lowest BCUT2D eigenvalue weighted by Gasteiger charge is -2.28. The van der Waals surface area contributed by atoms with E-state index < -0.39 is 11.3 Å². The van der Waals surface area contributed by atoms with Crippen LogP contribution in [0.3, 0.4) is 0 Å². The smallest absolute Gasteiger partial charge is 0.359 e. The van der Waals surface area contributed by atoms with Crippen LogP contribution in [0, 0.1) is 0 Å². The Morgan fingerprint density at radius 3 is 2.68 bits per heavy atom. The maximum atomic E-state index is 12.3. The van der Waals surface area contributed by atoms with Gasteiger partial charge in [0.1, 0.15) is 5.38 Å². The summed E-state index contributed by atoms with van der Waals surface area (Å²) in [6, 6.07) is 9.62. The van der Waals surface area contributed by atoms with Crippen LogP contribution in [0.5, 0.6) is 0 Å². The molecule has 3 rings (SSSR count). The summed E-state index contributed by atoms with van der Waals surface area (Å²) in [6.45, 7) is 4.53. The standard InChI is InChI=1S/C18H20ClN3O3/c1-3-25-18(24)16-14-11-21(17(23)12(2)19)10-9-15(14)22(20-16)13-7-5-4-6-8-13/h4-8,12H,3,9-11H2,1-2H3. The van der Waals surface area contributed by atoms with Crippen LogP contribution < -0.4 is 0 Å². The molecule has 1 amide bonds. The number of rotatable bonds is 4. The van der Waals surface area contributed by atoms with E-state index in [0.717, 1.165) is 16.9 Å². The van der Waals surface area contributed by atoms with Gasteiger partial charge in [0.15, 0.2) is 5.69 Å². The molecule has 0 N–H and O–H groups in total. The summed E-state index contributed by atoms with van der Waals surface area (Å²) >= 11 is 5.94. The zero-order valence-electron chi connectivity index (χ0n) is 14.2. The molecule has 1 aromatic carbocycles. The number of hydrogen-bond acceptors (Lipinski definition) is 4. The van der Waals surface area contributed by atoms with Crippen molar-refractivity contribution in [1.29, 1.82) is 0 Å². The van der Waals surface area contributed by atoms with Crippen molar-refractivity contribution >= 4 is 23.5 Å². The predicted molar refractivity (Wildman–Crippen MR) is 94.0 cm³/mol. The molecular formula is C18H20ClN3O3. The highest BCUT2D eigenvalue weighted by atomic mass is 35.5. The molecule has 0 spiro atoms. The van der Waals surface area contributed by atoms with Crippen LogP contribution in [0.4, 0.5) is 0 Å². The molecule has 132 valence electrons. The van der Waals surface area contributed by atoms with Crippen molar-refractivity contribution in [1.82, 2.24) is 14.7 Å². The highest BCUT2D eigenvalue weighted by molar-refractivity contribution is 6.30. The van der Waals surface area contributed by atoms with E-state index in [1.54, 1.807) is 23.4 Å². The molecule has 1 aliphatic heterocycles. The largest absolute Gasteiger partial charge is 0.461 e. The van der Waals surface area contributed by atoms with Crippen molar-refractivity contribution in [3.05, 3.63) is 47.3 Å². The SMILES string of the molecule is CCOC(=O)c1nn(-c2ccccc2)c2c1CN(C(=O)C(C)Cl)CC2. The van der Waals surface area contributed by atoms with Crippen molar-refractivity contribution in [3.8, 4) is 5.69 Å². The van der Waals surface area contributed by atoms with E-state index in [2.05, 4.69) is 5.10 Å². The summed E-state index contributed by atoms with van der Waals surface area (Å²) in [5.41, 5.74) is 2.81. The van der Waals surface area contributed by atoms with Crippen molar-refractivity contribution in [2.75, 3.05) is 13.2 Å². The average molecular weight is 362 g/mol. The molecule has 1 aromatic heterocycles. The number of benzene rings is 1. The van der Waals surface area contributed by atoms with Gasteiger partial charge in [-0.05, 0) is 26.0 Å². The quantitative estimate of drug-likeness (QED) is 0.620. The van der Waals surface area contributed by atoms with Crippen LogP contribution in [0.2, 0.25) is 0 Å². The Bertz CT molecular complexity index is 786. The Balaban J connectivity index is 2.04. The maximum Gasteiger partial charge on any atom is 0.359 e. The second-order valence-corrected chi connectivity index (χ2v) is 6.52. The molecule has 6 nitrogen and oxygen atoms in total. The number of nitrogens with zero attached hydrogens (tertiary/aromatic N) is 3. The van der Waals surface area contributed by atoms with E-state index in [1.807, 2.05) is 30.3 Å². The Hall–Kier alpha value is -2.34. The van der Waals surface area contributed by atoms with Gasteiger partial charge in [0.2, 0.25) is 5.91 Å². The van der Waals surface area contributed by atoms with E-state index in [4.69, 9.17) is 16.3 Å². The first-order valence-corrected chi connectivity index (χ1v) is 8.72. The number of halogens is 1. The lowest BCUT2D eigenvalue weighted by molar-refractivity contribution is -0.131. The number of aromatic nitrogens is 2. The molecule has 2 heterocycles. The van der Waals surface area contributed by atoms with Crippen LogP contribution >= 0.6 is 11.6 Å². The van der Waals surface area contributed by atoms with Crippen LogP contribution in [-0.2, 0) is 22.5 Å². The minimum atomic E-state index is -0.600. The number of alkyl halides is 1. The highest BCUT2D eigenvalue weighted by Crippen LogP contribution is 2.26. The fraction of sp³-hybridized carbons (Fsp3) is 0.389. The van der Waals surface area contributed by atoms with Crippen LogP contribution in [0.15, 0.2) is 30.3 Å². The topological polar surface area (TPSA) is 64.4 Å². The van der Waals surface area contributed by atoms with Gasteiger partial charge in [0.25, 0.3) is 0 Å². The van der Waals surface area contributed by atoms with Gasteiger partial charge in [-0.15, -0.1) is 11.6 Å². The lowest BCUT2D eigenvalue weighted by Crippen LogP contribution is -2.40. The van der Waals surface area contributed by atoms with E-state index in [0.29, 0.717) is 19.5 Å². The Morgan fingerprint density at radius 2 is 2.04 bits per heavy atom. The molecule has 1 aliphatic rings. The monoisotopic (exact) mass is 361 g/mol. The second-order valence-electron chi connectivity index (χ2n) is 5.87. The number of hydrogen-bond donors (Lipinski definition) is 0. The minimum absolute atomic E-state index is 0.144. The summed E-state index contributed by atoms with van der Waals surface area (Å²) in [4.78, 5) is 26.3. The average Bonchev–Trinajstić information content (AvgIpc) is 3.00. The van der Waals surface area contributed by atoms with Gasteiger partial charge < -0.3 is 9.64 Å². The molecule has 0 fully saturated rings. The highest BCUT2D eigenvalue weighted by Gasteiger charge is 2.32. The minimum Gasteiger partial charge on any atom is -0.461 e. The predicted octanol–water partition coefficient (Wildman–Crippen LogP) is 2.56. The molecule has 7 heteroatoms. The molecular weight excluding hydrogens is 342 g/mol. The van der Waals surface area contributed by atoms with Crippen molar-refractivity contribution in [2.45, 2.75) is 32.2 Å². The summed E-state index contributed by atoms with van der Waals surface area (Å²) in [7, 11) is 0. The molecule has 25 heavy (non-hydrogen) atoms. The first kappa shape index (κ1) is 17.5. The Kier molecular flexibility index (Phi) is 5.08. The van der Waals surface area contributed by atoms with Crippen molar-refractivity contribution in [2.24, 2.45) is 0 Å². The molecule has 2 aromatic rings. The number of amides is 1. The normalized spacial score (nSPS) is 14.8. The second kappa shape index (κ2) is 7.27. The van der Waals surface area contributed by atoms with Gasteiger partial charge in [-0.25, -0.2) is 9.48 Å². The Labute approximate surface area is 151 Å². The first-order valence-electron chi connectivity index (χ1n) is 8.29. The number of para-hydroxylation sites is 1. The van der Waals surface area contributed by atoms with Gasteiger partial charge >= 0.3 is 5.97 Å². The first-order chi connectivity index (χ1) is 12.0. The molecule has 0 saturated heterocycles. The third-order valence-electron chi connectivity index (χ3n) is 4.18. The fourth-order valence-electron chi connectivity index (χ4n) is 3.00. The number of carbonyl (C=O) groups excluding carboxylic acids is 2. The molecule has 0 bridgehead atoms. The summed E-state index contributed by atoms with van der Waals surface area (Å²) in [6.07, 6.45) is 0.603. The zero-order chi connectivity index (χ0) is 18.0. The zero-order valence-corrected chi connectivity index (χ0v) is 15.0. The van der Waals surface area contributed by atoms with E-state index in [-0.39, 0.29) is 18.2 Å². The molecule has 1 atom stereocenters. The Morgan fingerprint density at radius 1 is 1.32 bits per heavy atom. The third kappa shape index (κ3) is 3.39. The van der Waals surface area contributed by atoms with E-state index in [1.165, 1.54) is 0 Å². The van der Waals surface area contributed by atoms with E-state index >= 15 is 0 Å². The van der Waals surface area contributed by atoms with Gasteiger partial charge in [-0.2, -0.15) is 5.10 Å². The van der Waals surface area contributed by atoms with Crippen LogP contribution in [-0.4, -0.2) is 45.1 Å². The van der Waals surface area contributed by atoms with Crippen molar-refractivity contribution < 1.29 is 14.3 Å².